The predicted octanol–water partition coefficient (Wildman–Crippen LogP) is 3.37. The largest absolute Gasteiger partial charge is 0.468 e. The summed E-state index contributed by atoms with van der Waals surface area (Å²) in [7, 11) is 1.33. The van der Waals surface area contributed by atoms with Crippen LogP contribution in [-0.2, 0) is 20.7 Å². The van der Waals surface area contributed by atoms with Gasteiger partial charge in [-0.15, -0.1) is 0 Å². The molecule has 1 aliphatic rings. The van der Waals surface area contributed by atoms with Crippen molar-refractivity contribution in [2.45, 2.75) is 12.3 Å². The van der Waals surface area contributed by atoms with Crippen molar-refractivity contribution >= 4 is 33.3 Å². The van der Waals surface area contributed by atoms with Crippen LogP contribution in [0.5, 0.6) is 0 Å². The van der Waals surface area contributed by atoms with Gasteiger partial charge in [-0.1, -0.05) is 48.5 Å². The highest BCUT2D eigenvalue weighted by atomic mass is 16.5. The SMILES string of the molecule is COC(=O)C1C(=O)Cc2c1c1ccccc1c1ccccc21. The summed E-state index contributed by atoms with van der Waals surface area (Å²) in [5, 5.41) is 4.21. The second-order valence-electron chi connectivity index (χ2n) is 5.58. The van der Waals surface area contributed by atoms with E-state index in [1.54, 1.807) is 0 Å². The van der Waals surface area contributed by atoms with E-state index in [1.807, 2.05) is 42.5 Å². The maximum Gasteiger partial charge on any atom is 0.320 e. The van der Waals surface area contributed by atoms with Gasteiger partial charge in [0.2, 0.25) is 0 Å². The molecular formula is C19H14O3. The Morgan fingerprint density at radius 3 is 2.14 bits per heavy atom. The maximum absolute atomic E-state index is 12.4. The summed E-state index contributed by atoms with van der Waals surface area (Å²) in [5.74, 6) is -1.35. The molecule has 3 heteroatoms. The van der Waals surface area contributed by atoms with Crippen molar-refractivity contribution in [3.05, 3.63) is 59.7 Å². The van der Waals surface area contributed by atoms with Gasteiger partial charge in [-0.25, -0.2) is 0 Å². The summed E-state index contributed by atoms with van der Waals surface area (Å²) < 4.78 is 4.86. The lowest BCUT2D eigenvalue weighted by Gasteiger charge is -2.14. The summed E-state index contributed by atoms with van der Waals surface area (Å²) in [6, 6.07) is 16.0. The predicted molar refractivity (Wildman–Crippen MR) is 84.9 cm³/mol. The number of carbonyl (C=O) groups excluding carboxylic acids is 2. The van der Waals surface area contributed by atoms with Crippen molar-refractivity contribution in [1.82, 2.24) is 0 Å². The first-order valence-corrected chi connectivity index (χ1v) is 7.25. The number of fused-ring (bicyclic) bond motifs is 6. The molecule has 0 fully saturated rings. The Bertz CT molecular complexity index is 940. The smallest absolute Gasteiger partial charge is 0.320 e. The Morgan fingerprint density at radius 1 is 0.955 bits per heavy atom. The van der Waals surface area contributed by atoms with Gasteiger partial charge in [0.1, 0.15) is 5.92 Å². The fourth-order valence-corrected chi connectivity index (χ4v) is 3.57. The molecule has 3 aromatic carbocycles. The highest BCUT2D eigenvalue weighted by molar-refractivity contribution is 6.19. The molecule has 1 unspecified atom stereocenters. The van der Waals surface area contributed by atoms with Crippen LogP contribution < -0.4 is 0 Å². The highest BCUT2D eigenvalue weighted by Crippen LogP contribution is 2.42. The number of methoxy groups -OCH3 is 1. The van der Waals surface area contributed by atoms with E-state index in [0.717, 1.165) is 32.7 Å². The Balaban J connectivity index is 2.19. The van der Waals surface area contributed by atoms with E-state index in [4.69, 9.17) is 4.74 Å². The van der Waals surface area contributed by atoms with Gasteiger partial charge in [-0.05, 0) is 32.7 Å². The summed E-state index contributed by atoms with van der Waals surface area (Å²) in [6.45, 7) is 0. The number of rotatable bonds is 1. The van der Waals surface area contributed by atoms with Crippen LogP contribution in [0.15, 0.2) is 48.5 Å². The van der Waals surface area contributed by atoms with Gasteiger partial charge >= 0.3 is 5.97 Å². The van der Waals surface area contributed by atoms with Crippen molar-refractivity contribution in [3.63, 3.8) is 0 Å². The van der Waals surface area contributed by atoms with E-state index < -0.39 is 11.9 Å². The third kappa shape index (κ3) is 1.62. The summed E-state index contributed by atoms with van der Waals surface area (Å²) in [5.41, 5.74) is 1.79. The summed E-state index contributed by atoms with van der Waals surface area (Å²) in [4.78, 5) is 24.5. The summed E-state index contributed by atoms with van der Waals surface area (Å²) >= 11 is 0. The molecule has 0 amide bonds. The Hall–Kier alpha value is -2.68. The zero-order valence-electron chi connectivity index (χ0n) is 12.1. The Morgan fingerprint density at radius 2 is 1.50 bits per heavy atom. The van der Waals surface area contributed by atoms with E-state index in [-0.39, 0.29) is 5.78 Å². The quantitative estimate of drug-likeness (QED) is 0.392. The van der Waals surface area contributed by atoms with Crippen LogP contribution in [0.4, 0.5) is 0 Å². The van der Waals surface area contributed by atoms with Crippen molar-refractivity contribution in [2.24, 2.45) is 0 Å². The zero-order valence-corrected chi connectivity index (χ0v) is 12.1. The maximum atomic E-state index is 12.4. The van der Waals surface area contributed by atoms with Gasteiger partial charge in [-0.2, -0.15) is 0 Å². The molecule has 4 rings (SSSR count). The molecule has 0 saturated heterocycles. The lowest BCUT2D eigenvalue weighted by Crippen LogP contribution is -2.19. The molecule has 0 radical (unpaired) electrons. The molecule has 3 aromatic rings. The third-order valence-corrected chi connectivity index (χ3v) is 4.48. The minimum Gasteiger partial charge on any atom is -0.468 e. The van der Waals surface area contributed by atoms with E-state index in [0.29, 0.717) is 6.42 Å². The molecule has 0 aromatic heterocycles. The van der Waals surface area contributed by atoms with Crippen LogP contribution >= 0.6 is 0 Å². The molecule has 1 atom stereocenters. The second-order valence-corrected chi connectivity index (χ2v) is 5.58. The molecule has 108 valence electrons. The van der Waals surface area contributed by atoms with E-state index in [9.17, 15) is 9.59 Å². The first-order valence-electron chi connectivity index (χ1n) is 7.25. The molecule has 0 saturated carbocycles. The van der Waals surface area contributed by atoms with Gasteiger partial charge < -0.3 is 4.74 Å². The van der Waals surface area contributed by atoms with Gasteiger partial charge in [0, 0.05) is 6.42 Å². The topological polar surface area (TPSA) is 43.4 Å². The van der Waals surface area contributed by atoms with Gasteiger partial charge in [0.05, 0.1) is 7.11 Å². The molecule has 3 nitrogen and oxygen atoms in total. The number of ether oxygens (including phenoxy) is 1. The number of esters is 1. The third-order valence-electron chi connectivity index (χ3n) is 4.48. The normalized spacial score (nSPS) is 17.0. The number of carbonyl (C=O) groups is 2. The fraction of sp³-hybridized carbons (Fsp3) is 0.158. The number of hydrogen-bond acceptors (Lipinski definition) is 3. The van der Waals surface area contributed by atoms with Crippen molar-refractivity contribution in [1.29, 1.82) is 0 Å². The molecule has 0 bridgehead atoms. The zero-order chi connectivity index (χ0) is 15.3. The molecule has 1 aliphatic carbocycles. The van der Waals surface area contributed by atoms with Crippen LogP contribution in [0, 0.1) is 0 Å². The number of hydrogen-bond donors (Lipinski definition) is 0. The lowest BCUT2D eigenvalue weighted by atomic mass is 9.90. The molecule has 0 aliphatic heterocycles. The highest BCUT2D eigenvalue weighted by Gasteiger charge is 2.39. The molecule has 22 heavy (non-hydrogen) atoms. The van der Waals surface area contributed by atoms with E-state index >= 15 is 0 Å². The second kappa shape index (κ2) is 4.67. The van der Waals surface area contributed by atoms with Crippen molar-refractivity contribution in [2.75, 3.05) is 7.11 Å². The average molecular weight is 290 g/mol. The van der Waals surface area contributed by atoms with Crippen LogP contribution in [-0.4, -0.2) is 18.9 Å². The minimum absolute atomic E-state index is 0.0802. The van der Waals surface area contributed by atoms with Crippen LogP contribution in [0.3, 0.4) is 0 Å². The number of ketones is 1. The lowest BCUT2D eigenvalue weighted by molar-refractivity contribution is -0.145. The molecular weight excluding hydrogens is 276 g/mol. The molecule has 0 spiro atoms. The van der Waals surface area contributed by atoms with Gasteiger partial charge in [0.25, 0.3) is 0 Å². The van der Waals surface area contributed by atoms with Crippen LogP contribution in [0.25, 0.3) is 21.5 Å². The number of Topliss-reactive ketones (excluding diaryl/α,β-unsaturated/α-hetero) is 1. The van der Waals surface area contributed by atoms with Crippen LogP contribution in [0.1, 0.15) is 17.0 Å². The number of benzene rings is 3. The first kappa shape index (κ1) is 13.0. The monoisotopic (exact) mass is 290 g/mol. The Labute approximate surface area is 127 Å². The van der Waals surface area contributed by atoms with E-state index in [2.05, 4.69) is 6.07 Å². The summed E-state index contributed by atoms with van der Waals surface area (Å²) in [6.07, 6.45) is 0.292. The minimum atomic E-state index is -0.797. The van der Waals surface area contributed by atoms with Gasteiger partial charge in [-0.3, -0.25) is 9.59 Å². The molecule has 0 N–H and O–H groups in total. The fourth-order valence-electron chi connectivity index (χ4n) is 3.57. The van der Waals surface area contributed by atoms with E-state index in [1.165, 1.54) is 7.11 Å². The average Bonchev–Trinajstić information content (AvgIpc) is 2.92. The molecule has 0 heterocycles. The van der Waals surface area contributed by atoms with Crippen molar-refractivity contribution < 1.29 is 14.3 Å². The standard InChI is InChI=1S/C19H14O3/c1-22-19(21)18-16(20)10-15-13-8-3-2-6-11(13)12-7-4-5-9-14(12)17(15)18/h2-9,18H,10H2,1H3. The first-order chi connectivity index (χ1) is 10.7. The van der Waals surface area contributed by atoms with Gasteiger partial charge in [0.15, 0.2) is 5.78 Å². The Kier molecular flexibility index (Phi) is 2.76. The van der Waals surface area contributed by atoms with Crippen molar-refractivity contribution in [3.8, 4) is 0 Å². The van der Waals surface area contributed by atoms with Crippen LogP contribution in [0.2, 0.25) is 0 Å².